The number of hydrogen-bond acceptors (Lipinski definition) is 3. The van der Waals surface area contributed by atoms with E-state index in [2.05, 4.69) is 0 Å². The minimum atomic E-state index is 0.213. The molecule has 1 heterocycles. The summed E-state index contributed by atoms with van der Waals surface area (Å²) < 4.78 is 10.5. The molecular formula is C13H14O3. The minimum absolute atomic E-state index is 0.213. The average Bonchev–Trinajstić information content (AvgIpc) is 2.71. The predicted octanol–water partition coefficient (Wildman–Crippen LogP) is 2.96. The van der Waals surface area contributed by atoms with Crippen molar-refractivity contribution in [3.8, 4) is 5.75 Å². The number of furan rings is 1. The summed E-state index contributed by atoms with van der Waals surface area (Å²) in [5.74, 6) is 0.990. The van der Waals surface area contributed by atoms with Gasteiger partial charge in [-0.2, -0.15) is 0 Å². The zero-order valence-electron chi connectivity index (χ0n) is 9.45. The van der Waals surface area contributed by atoms with Crippen molar-refractivity contribution >= 4 is 16.8 Å². The van der Waals surface area contributed by atoms with Crippen LogP contribution >= 0.6 is 0 Å². The van der Waals surface area contributed by atoms with Crippen molar-refractivity contribution in [1.29, 1.82) is 0 Å². The lowest BCUT2D eigenvalue weighted by atomic mass is 10.1. The Morgan fingerprint density at radius 1 is 1.44 bits per heavy atom. The van der Waals surface area contributed by atoms with Gasteiger partial charge in [0.1, 0.15) is 17.1 Å². The maximum atomic E-state index is 11.4. The summed E-state index contributed by atoms with van der Waals surface area (Å²) in [6.07, 6.45) is 2.63. The second-order valence-electron chi connectivity index (χ2n) is 3.69. The first-order chi connectivity index (χ1) is 7.74. The van der Waals surface area contributed by atoms with Gasteiger partial charge in [-0.1, -0.05) is 6.92 Å². The Hall–Kier alpha value is -1.77. The zero-order chi connectivity index (χ0) is 11.5. The predicted molar refractivity (Wildman–Crippen MR) is 61.8 cm³/mol. The number of ketones is 1. The van der Waals surface area contributed by atoms with Crippen LogP contribution in [0.3, 0.4) is 0 Å². The van der Waals surface area contributed by atoms with E-state index in [0.717, 1.165) is 22.3 Å². The number of benzene rings is 1. The maximum absolute atomic E-state index is 11.4. The van der Waals surface area contributed by atoms with Gasteiger partial charge in [0, 0.05) is 23.8 Å². The molecule has 0 aliphatic rings. The lowest BCUT2D eigenvalue weighted by molar-refractivity contribution is -0.118. The molecule has 0 bridgehead atoms. The quantitative estimate of drug-likeness (QED) is 0.792. The van der Waals surface area contributed by atoms with E-state index in [1.54, 1.807) is 13.4 Å². The fourth-order valence-electron chi connectivity index (χ4n) is 1.66. The summed E-state index contributed by atoms with van der Waals surface area (Å²) in [7, 11) is 1.62. The number of carbonyl (C=O) groups is 1. The number of methoxy groups -OCH3 is 1. The second kappa shape index (κ2) is 4.39. The number of rotatable bonds is 4. The van der Waals surface area contributed by atoms with Crippen LogP contribution in [0, 0.1) is 0 Å². The Morgan fingerprint density at radius 2 is 2.25 bits per heavy atom. The molecule has 0 saturated heterocycles. The Kier molecular flexibility index (Phi) is 2.95. The van der Waals surface area contributed by atoms with Crippen LogP contribution in [0.5, 0.6) is 5.75 Å². The monoisotopic (exact) mass is 218 g/mol. The van der Waals surface area contributed by atoms with Crippen molar-refractivity contribution in [3.05, 3.63) is 30.0 Å². The van der Waals surface area contributed by atoms with Crippen molar-refractivity contribution in [1.82, 2.24) is 0 Å². The van der Waals surface area contributed by atoms with E-state index in [1.165, 1.54) is 0 Å². The zero-order valence-corrected chi connectivity index (χ0v) is 9.45. The van der Waals surface area contributed by atoms with Gasteiger partial charge in [-0.15, -0.1) is 0 Å². The highest BCUT2D eigenvalue weighted by molar-refractivity contribution is 5.89. The Labute approximate surface area is 94.0 Å². The highest BCUT2D eigenvalue weighted by atomic mass is 16.5. The number of ether oxygens (including phenoxy) is 1. The molecule has 3 heteroatoms. The van der Waals surface area contributed by atoms with Crippen molar-refractivity contribution < 1.29 is 13.9 Å². The normalized spacial score (nSPS) is 10.6. The highest BCUT2D eigenvalue weighted by Crippen LogP contribution is 2.26. The first-order valence-electron chi connectivity index (χ1n) is 5.30. The van der Waals surface area contributed by atoms with E-state index >= 15 is 0 Å². The van der Waals surface area contributed by atoms with Gasteiger partial charge in [0.05, 0.1) is 13.4 Å². The summed E-state index contributed by atoms with van der Waals surface area (Å²) in [6.45, 7) is 1.87. The van der Waals surface area contributed by atoms with Crippen molar-refractivity contribution in [2.24, 2.45) is 0 Å². The molecule has 0 fully saturated rings. The average molecular weight is 218 g/mol. The van der Waals surface area contributed by atoms with Crippen LogP contribution in [0.25, 0.3) is 11.0 Å². The summed E-state index contributed by atoms with van der Waals surface area (Å²) in [6, 6.07) is 5.60. The van der Waals surface area contributed by atoms with Gasteiger partial charge in [-0.3, -0.25) is 4.79 Å². The van der Waals surface area contributed by atoms with E-state index < -0.39 is 0 Å². The minimum Gasteiger partial charge on any atom is -0.497 e. The molecule has 0 spiro atoms. The summed E-state index contributed by atoms with van der Waals surface area (Å²) in [5, 5.41) is 0.959. The standard InChI is InChI=1S/C13H14O3/c1-3-10(14)6-9-8-16-13-5-4-11(15-2)7-12(9)13/h4-5,7-8H,3,6H2,1-2H3. The van der Waals surface area contributed by atoms with Crippen LogP contribution in [0.4, 0.5) is 0 Å². The maximum Gasteiger partial charge on any atom is 0.137 e. The van der Waals surface area contributed by atoms with Crippen LogP contribution in [-0.2, 0) is 11.2 Å². The van der Waals surface area contributed by atoms with Crippen LogP contribution in [0.1, 0.15) is 18.9 Å². The Bertz CT molecular complexity index is 511. The molecule has 3 nitrogen and oxygen atoms in total. The van der Waals surface area contributed by atoms with Crippen LogP contribution in [0.2, 0.25) is 0 Å². The first-order valence-corrected chi connectivity index (χ1v) is 5.30. The lowest BCUT2D eigenvalue weighted by Crippen LogP contribution is -1.99. The van der Waals surface area contributed by atoms with E-state index in [1.807, 2.05) is 25.1 Å². The van der Waals surface area contributed by atoms with E-state index in [9.17, 15) is 4.79 Å². The molecule has 0 atom stereocenters. The third-order valence-electron chi connectivity index (χ3n) is 2.64. The third kappa shape index (κ3) is 1.94. The summed E-state index contributed by atoms with van der Waals surface area (Å²) >= 11 is 0. The number of carbonyl (C=O) groups excluding carboxylic acids is 1. The molecule has 0 radical (unpaired) electrons. The third-order valence-corrected chi connectivity index (χ3v) is 2.64. The molecule has 0 saturated carbocycles. The van der Waals surface area contributed by atoms with E-state index in [-0.39, 0.29) is 5.78 Å². The largest absolute Gasteiger partial charge is 0.497 e. The molecule has 0 aliphatic carbocycles. The van der Waals surface area contributed by atoms with Crippen molar-refractivity contribution in [2.45, 2.75) is 19.8 Å². The van der Waals surface area contributed by atoms with Crippen LogP contribution in [-0.4, -0.2) is 12.9 Å². The Balaban J connectivity index is 2.41. The topological polar surface area (TPSA) is 39.4 Å². The fraction of sp³-hybridized carbons (Fsp3) is 0.308. The van der Waals surface area contributed by atoms with E-state index in [4.69, 9.17) is 9.15 Å². The number of Topliss-reactive ketones (excluding diaryl/α,β-unsaturated/α-hetero) is 1. The molecule has 0 N–H and O–H groups in total. The summed E-state index contributed by atoms with van der Waals surface area (Å²) in [4.78, 5) is 11.4. The van der Waals surface area contributed by atoms with Crippen molar-refractivity contribution in [2.75, 3.05) is 7.11 Å². The van der Waals surface area contributed by atoms with Crippen LogP contribution in [0.15, 0.2) is 28.9 Å². The van der Waals surface area contributed by atoms with Crippen LogP contribution < -0.4 is 4.74 Å². The molecule has 2 rings (SSSR count). The van der Waals surface area contributed by atoms with Gasteiger partial charge >= 0.3 is 0 Å². The smallest absolute Gasteiger partial charge is 0.137 e. The highest BCUT2D eigenvalue weighted by Gasteiger charge is 2.09. The van der Waals surface area contributed by atoms with Gasteiger partial charge in [-0.25, -0.2) is 0 Å². The molecule has 84 valence electrons. The van der Waals surface area contributed by atoms with Gasteiger partial charge in [-0.05, 0) is 18.2 Å². The number of hydrogen-bond donors (Lipinski definition) is 0. The molecule has 0 amide bonds. The fourth-order valence-corrected chi connectivity index (χ4v) is 1.66. The van der Waals surface area contributed by atoms with Gasteiger partial charge in [0.2, 0.25) is 0 Å². The van der Waals surface area contributed by atoms with E-state index in [0.29, 0.717) is 12.8 Å². The van der Waals surface area contributed by atoms with Gasteiger partial charge in [0.15, 0.2) is 0 Å². The lowest BCUT2D eigenvalue weighted by Gasteiger charge is -1.99. The first kappa shape index (κ1) is 10.7. The molecule has 0 unspecified atom stereocenters. The molecular weight excluding hydrogens is 204 g/mol. The van der Waals surface area contributed by atoms with Crippen molar-refractivity contribution in [3.63, 3.8) is 0 Å². The molecule has 1 aromatic carbocycles. The molecule has 0 aliphatic heterocycles. The molecule has 16 heavy (non-hydrogen) atoms. The summed E-state index contributed by atoms with van der Waals surface area (Å²) in [5.41, 5.74) is 1.72. The SMILES string of the molecule is CCC(=O)Cc1coc2ccc(OC)cc12. The Morgan fingerprint density at radius 3 is 2.94 bits per heavy atom. The molecule has 1 aromatic heterocycles. The van der Waals surface area contributed by atoms with Gasteiger partial charge in [0.25, 0.3) is 0 Å². The van der Waals surface area contributed by atoms with Gasteiger partial charge < -0.3 is 9.15 Å². The second-order valence-corrected chi connectivity index (χ2v) is 3.69. The number of fused-ring (bicyclic) bond motifs is 1. The molecule has 2 aromatic rings.